The summed E-state index contributed by atoms with van der Waals surface area (Å²) in [6, 6.07) is 8.14. The summed E-state index contributed by atoms with van der Waals surface area (Å²) in [5.74, 6) is -2.07. The number of aliphatic hydroxyl groups excluding tert-OH is 1. The molecule has 1 fully saturated rings. The third-order valence-corrected chi connectivity index (χ3v) is 3.86. The van der Waals surface area contributed by atoms with E-state index < -0.39 is 55.2 Å². The Morgan fingerprint density at radius 2 is 1.56 bits per heavy atom. The number of hydrogen-bond donors (Lipinski definition) is 1. The van der Waals surface area contributed by atoms with Crippen LogP contribution in [-0.4, -0.2) is 67.4 Å². The van der Waals surface area contributed by atoms with Crippen LogP contribution in [0.3, 0.4) is 0 Å². The fourth-order valence-corrected chi connectivity index (χ4v) is 2.77. The summed E-state index contributed by atoms with van der Waals surface area (Å²) in [6.45, 7) is 1.78. The van der Waals surface area contributed by atoms with Gasteiger partial charge in [-0.3, -0.25) is 9.59 Å². The number of ether oxygens (including phenoxy) is 5. The maximum Gasteiger partial charge on any atom is 0.338 e. The van der Waals surface area contributed by atoms with Gasteiger partial charge in [-0.25, -0.2) is 4.79 Å². The summed E-state index contributed by atoms with van der Waals surface area (Å²) in [4.78, 5) is 35.5. The van der Waals surface area contributed by atoms with Gasteiger partial charge >= 0.3 is 17.9 Å². The second-order valence-electron chi connectivity index (χ2n) is 5.85. The Morgan fingerprint density at radius 3 is 2.07 bits per heavy atom. The van der Waals surface area contributed by atoms with E-state index in [0.717, 1.165) is 6.92 Å². The number of esters is 3. The van der Waals surface area contributed by atoms with Gasteiger partial charge in [-0.15, -0.1) is 0 Å². The molecule has 1 heterocycles. The molecule has 0 bridgehead atoms. The van der Waals surface area contributed by atoms with E-state index in [1.54, 1.807) is 30.3 Å². The molecule has 9 heteroatoms. The lowest BCUT2D eigenvalue weighted by molar-refractivity contribution is -0.299. The first kappa shape index (κ1) is 20.8. The smallest absolute Gasteiger partial charge is 0.338 e. The quantitative estimate of drug-likeness (QED) is 0.552. The zero-order valence-corrected chi connectivity index (χ0v) is 15.2. The standard InChI is InChI=1S/C18H22O9/c1-10(20)24-15-14(27-17(22)12-7-5-4-6-8-12)13(9-19)26-18(23-3)16(15)25-11(2)21/h4-8,13-16,18-19H,9H2,1-3H3/t13?,14-,15?,16?,18+/m1/s1. The molecule has 27 heavy (non-hydrogen) atoms. The van der Waals surface area contributed by atoms with Gasteiger partial charge in [0.25, 0.3) is 0 Å². The van der Waals surface area contributed by atoms with Crippen LogP contribution in [0.15, 0.2) is 30.3 Å². The Morgan fingerprint density at radius 1 is 0.963 bits per heavy atom. The van der Waals surface area contributed by atoms with Crippen LogP contribution in [0.25, 0.3) is 0 Å². The molecule has 0 spiro atoms. The van der Waals surface area contributed by atoms with Crippen LogP contribution in [0.2, 0.25) is 0 Å². The molecule has 1 aromatic carbocycles. The van der Waals surface area contributed by atoms with Crippen LogP contribution in [-0.2, 0) is 33.3 Å². The van der Waals surface area contributed by atoms with Gasteiger partial charge in [-0.05, 0) is 12.1 Å². The molecule has 1 aromatic rings. The normalized spacial score (nSPS) is 27.5. The second-order valence-corrected chi connectivity index (χ2v) is 5.85. The summed E-state index contributed by atoms with van der Waals surface area (Å²) < 4.78 is 26.6. The van der Waals surface area contributed by atoms with Crippen LogP contribution in [0.5, 0.6) is 0 Å². The molecule has 1 saturated heterocycles. The molecule has 0 radical (unpaired) electrons. The lowest BCUT2D eigenvalue weighted by atomic mass is 9.98. The maximum atomic E-state index is 12.4. The molecule has 1 aliphatic rings. The Balaban J connectivity index is 2.34. The van der Waals surface area contributed by atoms with Crippen molar-refractivity contribution in [3.05, 3.63) is 35.9 Å². The van der Waals surface area contributed by atoms with E-state index in [1.165, 1.54) is 14.0 Å². The number of carbonyl (C=O) groups is 3. The fraction of sp³-hybridized carbons (Fsp3) is 0.500. The van der Waals surface area contributed by atoms with Crippen LogP contribution in [0.4, 0.5) is 0 Å². The predicted octanol–water partition coefficient (Wildman–Crippen LogP) is 0.439. The van der Waals surface area contributed by atoms with Gasteiger partial charge in [-0.2, -0.15) is 0 Å². The van der Waals surface area contributed by atoms with E-state index in [9.17, 15) is 19.5 Å². The average Bonchev–Trinajstić information content (AvgIpc) is 2.64. The molecule has 0 amide bonds. The predicted molar refractivity (Wildman–Crippen MR) is 89.5 cm³/mol. The lowest BCUT2D eigenvalue weighted by Gasteiger charge is -2.43. The first-order chi connectivity index (χ1) is 12.9. The van der Waals surface area contributed by atoms with Crippen LogP contribution < -0.4 is 0 Å². The van der Waals surface area contributed by atoms with E-state index in [1.807, 2.05) is 0 Å². The molecule has 2 rings (SSSR count). The van der Waals surface area contributed by atoms with Crippen molar-refractivity contribution >= 4 is 17.9 Å². The summed E-state index contributed by atoms with van der Waals surface area (Å²) in [5, 5.41) is 9.66. The summed E-state index contributed by atoms with van der Waals surface area (Å²) >= 11 is 0. The monoisotopic (exact) mass is 382 g/mol. The molecular formula is C18H22O9. The molecule has 0 aliphatic carbocycles. The first-order valence-electron chi connectivity index (χ1n) is 8.27. The summed E-state index contributed by atoms with van der Waals surface area (Å²) in [5.41, 5.74) is 0.258. The van der Waals surface area contributed by atoms with Crippen molar-refractivity contribution < 1.29 is 43.2 Å². The molecule has 0 aromatic heterocycles. The fourth-order valence-electron chi connectivity index (χ4n) is 2.77. The third kappa shape index (κ3) is 5.25. The highest BCUT2D eigenvalue weighted by atomic mass is 16.7. The minimum absolute atomic E-state index is 0.258. The Bertz CT molecular complexity index is 660. The minimum atomic E-state index is -1.23. The zero-order chi connectivity index (χ0) is 20.0. The van der Waals surface area contributed by atoms with E-state index in [4.69, 9.17) is 23.7 Å². The largest absolute Gasteiger partial charge is 0.454 e. The Hall–Kier alpha value is -2.49. The summed E-state index contributed by atoms with van der Waals surface area (Å²) in [6.07, 6.45) is -5.81. The van der Waals surface area contributed by atoms with Gasteiger partial charge in [-0.1, -0.05) is 18.2 Å². The molecule has 1 N–H and O–H groups in total. The van der Waals surface area contributed by atoms with Crippen LogP contribution in [0, 0.1) is 0 Å². The first-order valence-corrected chi connectivity index (χ1v) is 8.27. The number of carbonyl (C=O) groups excluding carboxylic acids is 3. The number of aliphatic hydroxyl groups is 1. The van der Waals surface area contributed by atoms with E-state index in [0.29, 0.717) is 0 Å². The van der Waals surface area contributed by atoms with Crippen molar-refractivity contribution in [1.82, 2.24) is 0 Å². The highest BCUT2D eigenvalue weighted by Crippen LogP contribution is 2.29. The molecular weight excluding hydrogens is 360 g/mol. The molecule has 9 nitrogen and oxygen atoms in total. The highest BCUT2D eigenvalue weighted by molar-refractivity contribution is 5.89. The minimum Gasteiger partial charge on any atom is -0.454 e. The average molecular weight is 382 g/mol. The Labute approximate surface area is 156 Å². The second kappa shape index (κ2) is 9.45. The van der Waals surface area contributed by atoms with Crippen LogP contribution >= 0.6 is 0 Å². The van der Waals surface area contributed by atoms with Gasteiger partial charge in [0.05, 0.1) is 12.2 Å². The van der Waals surface area contributed by atoms with Crippen molar-refractivity contribution in [2.45, 2.75) is 44.6 Å². The molecule has 148 valence electrons. The van der Waals surface area contributed by atoms with Gasteiger partial charge < -0.3 is 28.8 Å². The van der Waals surface area contributed by atoms with Gasteiger partial charge in [0.1, 0.15) is 6.10 Å². The van der Waals surface area contributed by atoms with Crippen molar-refractivity contribution in [2.24, 2.45) is 0 Å². The van der Waals surface area contributed by atoms with E-state index in [2.05, 4.69) is 0 Å². The van der Waals surface area contributed by atoms with Gasteiger partial charge in [0, 0.05) is 21.0 Å². The summed E-state index contributed by atoms with van der Waals surface area (Å²) in [7, 11) is 1.30. The van der Waals surface area contributed by atoms with Crippen molar-refractivity contribution in [2.75, 3.05) is 13.7 Å². The van der Waals surface area contributed by atoms with E-state index >= 15 is 0 Å². The van der Waals surface area contributed by atoms with Gasteiger partial charge in [0.2, 0.25) is 0 Å². The van der Waals surface area contributed by atoms with Crippen molar-refractivity contribution in [3.8, 4) is 0 Å². The lowest BCUT2D eigenvalue weighted by Crippen LogP contribution is -2.62. The highest BCUT2D eigenvalue weighted by Gasteiger charge is 2.52. The van der Waals surface area contributed by atoms with Crippen LogP contribution in [0.1, 0.15) is 24.2 Å². The number of hydrogen-bond acceptors (Lipinski definition) is 9. The number of rotatable bonds is 6. The topological polar surface area (TPSA) is 118 Å². The van der Waals surface area contributed by atoms with Crippen molar-refractivity contribution in [1.29, 1.82) is 0 Å². The number of methoxy groups -OCH3 is 1. The molecule has 1 aliphatic heterocycles. The third-order valence-electron chi connectivity index (χ3n) is 3.86. The van der Waals surface area contributed by atoms with Crippen molar-refractivity contribution in [3.63, 3.8) is 0 Å². The SMILES string of the molecule is CO[C@H]1OC(CO)[C@@H](OC(=O)c2ccccc2)C(OC(C)=O)C1OC(C)=O. The van der Waals surface area contributed by atoms with Gasteiger partial charge in [0.15, 0.2) is 24.6 Å². The zero-order valence-electron chi connectivity index (χ0n) is 15.2. The molecule has 0 saturated carbocycles. The number of benzene rings is 1. The van der Waals surface area contributed by atoms with E-state index in [-0.39, 0.29) is 5.56 Å². The molecule has 5 atom stereocenters. The maximum absolute atomic E-state index is 12.4. The Kier molecular flexibility index (Phi) is 7.28. The molecule has 3 unspecified atom stereocenters.